The largest absolute Gasteiger partial charge is 0.393 e. The van der Waals surface area contributed by atoms with Crippen LogP contribution in [0.3, 0.4) is 0 Å². The van der Waals surface area contributed by atoms with Gasteiger partial charge in [0.05, 0.1) is 12.0 Å². The summed E-state index contributed by atoms with van der Waals surface area (Å²) in [6.45, 7) is 1.77. The van der Waals surface area contributed by atoms with Crippen molar-refractivity contribution in [1.82, 2.24) is 9.80 Å². The van der Waals surface area contributed by atoms with E-state index in [4.69, 9.17) is 0 Å². The van der Waals surface area contributed by atoms with Crippen molar-refractivity contribution in [2.45, 2.75) is 38.2 Å². The van der Waals surface area contributed by atoms with Gasteiger partial charge in [-0.3, -0.25) is 9.59 Å². The molecule has 0 radical (unpaired) electrons. The van der Waals surface area contributed by atoms with Crippen LogP contribution in [0.1, 0.15) is 31.2 Å². The van der Waals surface area contributed by atoms with Crippen molar-refractivity contribution in [3.05, 3.63) is 35.9 Å². The number of aliphatic hydroxyl groups excluding tert-OH is 1. The van der Waals surface area contributed by atoms with Crippen LogP contribution in [-0.2, 0) is 16.0 Å². The zero-order chi connectivity index (χ0) is 17.8. The molecule has 2 aliphatic rings. The summed E-state index contributed by atoms with van der Waals surface area (Å²) in [7, 11) is 1.80. The Morgan fingerprint density at radius 1 is 1.28 bits per heavy atom. The first-order valence-corrected chi connectivity index (χ1v) is 9.29. The molecule has 1 aromatic carbocycles. The molecule has 136 valence electrons. The first-order chi connectivity index (χ1) is 12.0. The van der Waals surface area contributed by atoms with Gasteiger partial charge in [0.15, 0.2) is 0 Å². The van der Waals surface area contributed by atoms with Crippen LogP contribution in [0.5, 0.6) is 0 Å². The van der Waals surface area contributed by atoms with Crippen LogP contribution in [0.25, 0.3) is 0 Å². The molecule has 1 N–H and O–H groups in total. The van der Waals surface area contributed by atoms with E-state index in [2.05, 4.69) is 12.1 Å². The molecule has 3 atom stereocenters. The summed E-state index contributed by atoms with van der Waals surface area (Å²) in [6, 6.07) is 10.1. The lowest BCUT2D eigenvalue weighted by Gasteiger charge is -2.25. The standard InChI is InChI=1S/C20H28N2O3/c1-21(13-16-8-5-9-18(16)23)20(25)17-12-19(24)22(14-17)11-10-15-6-3-2-4-7-15/h2-4,6-7,16-18,23H,5,8-14H2,1H3. The quantitative estimate of drug-likeness (QED) is 0.854. The minimum absolute atomic E-state index is 0.0367. The van der Waals surface area contributed by atoms with Crippen LogP contribution in [0.4, 0.5) is 0 Å². The van der Waals surface area contributed by atoms with Crippen molar-refractivity contribution in [3.63, 3.8) is 0 Å². The van der Waals surface area contributed by atoms with Crippen LogP contribution in [0, 0.1) is 11.8 Å². The second-order valence-corrected chi connectivity index (χ2v) is 7.45. The molecule has 5 nitrogen and oxygen atoms in total. The van der Waals surface area contributed by atoms with Gasteiger partial charge in [0.2, 0.25) is 11.8 Å². The number of likely N-dealkylation sites (tertiary alicyclic amines) is 1. The smallest absolute Gasteiger partial charge is 0.227 e. The Balaban J connectivity index is 1.49. The minimum Gasteiger partial charge on any atom is -0.393 e. The maximum atomic E-state index is 12.7. The summed E-state index contributed by atoms with van der Waals surface area (Å²) < 4.78 is 0. The van der Waals surface area contributed by atoms with E-state index in [1.54, 1.807) is 11.9 Å². The normalized spacial score (nSPS) is 26.2. The molecule has 3 unspecified atom stereocenters. The van der Waals surface area contributed by atoms with Crippen LogP contribution in [0.15, 0.2) is 30.3 Å². The molecule has 1 aromatic rings. The molecular weight excluding hydrogens is 316 g/mol. The van der Waals surface area contributed by atoms with Crippen molar-refractivity contribution in [2.75, 3.05) is 26.7 Å². The van der Waals surface area contributed by atoms with Crippen LogP contribution in [0.2, 0.25) is 0 Å². The SMILES string of the molecule is CN(CC1CCCC1O)C(=O)C1CC(=O)N(CCc2ccccc2)C1. The third-order valence-corrected chi connectivity index (χ3v) is 5.58. The Morgan fingerprint density at radius 3 is 2.72 bits per heavy atom. The lowest BCUT2D eigenvalue weighted by atomic mass is 10.0. The highest BCUT2D eigenvalue weighted by molar-refractivity contribution is 5.89. The monoisotopic (exact) mass is 344 g/mol. The molecule has 0 spiro atoms. The number of hydrogen-bond donors (Lipinski definition) is 1. The van der Waals surface area contributed by atoms with Crippen LogP contribution < -0.4 is 0 Å². The van der Waals surface area contributed by atoms with E-state index in [9.17, 15) is 14.7 Å². The van der Waals surface area contributed by atoms with E-state index in [0.717, 1.165) is 25.7 Å². The number of rotatable bonds is 6. The van der Waals surface area contributed by atoms with E-state index < -0.39 is 0 Å². The molecule has 1 heterocycles. The van der Waals surface area contributed by atoms with Crippen LogP contribution in [-0.4, -0.2) is 59.5 Å². The van der Waals surface area contributed by atoms with Gasteiger partial charge in [0.1, 0.15) is 0 Å². The number of benzene rings is 1. The highest BCUT2D eigenvalue weighted by atomic mass is 16.3. The fourth-order valence-corrected chi connectivity index (χ4v) is 4.05. The number of aliphatic hydroxyl groups is 1. The highest BCUT2D eigenvalue weighted by Gasteiger charge is 2.36. The summed E-state index contributed by atoms with van der Waals surface area (Å²) in [6.07, 6.45) is 3.68. The number of nitrogens with zero attached hydrogens (tertiary/aromatic N) is 2. The van der Waals surface area contributed by atoms with E-state index >= 15 is 0 Å². The number of hydrogen-bond acceptors (Lipinski definition) is 3. The van der Waals surface area contributed by atoms with Gasteiger partial charge in [-0.05, 0) is 24.8 Å². The first-order valence-electron chi connectivity index (χ1n) is 9.29. The third kappa shape index (κ3) is 4.40. The third-order valence-electron chi connectivity index (χ3n) is 5.58. The predicted octanol–water partition coefficient (Wildman–Crippen LogP) is 1.70. The highest BCUT2D eigenvalue weighted by Crippen LogP contribution is 2.27. The lowest BCUT2D eigenvalue weighted by Crippen LogP contribution is -2.39. The Bertz CT molecular complexity index is 604. The maximum absolute atomic E-state index is 12.7. The van der Waals surface area contributed by atoms with Crippen molar-refractivity contribution in [1.29, 1.82) is 0 Å². The Hall–Kier alpha value is -1.88. The Labute approximate surface area is 149 Å². The zero-order valence-corrected chi connectivity index (χ0v) is 14.9. The van der Waals surface area contributed by atoms with Gasteiger partial charge in [-0.1, -0.05) is 36.8 Å². The molecule has 0 aromatic heterocycles. The summed E-state index contributed by atoms with van der Waals surface area (Å²) in [4.78, 5) is 28.4. The molecule has 3 rings (SSSR count). The summed E-state index contributed by atoms with van der Waals surface area (Å²) in [5.74, 6) is 0.0466. The molecule has 0 bridgehead atoms. The van der Waals surface area contributed by atoms with Crippen molar-refractivity contribution in [2.24, 2.45) is 11.8 Å². The topological polar surface area (TPSA) is 60.9 Å². The number of amides is 2. The Morgan fingerprint density at radius 2 is 2.04 bits per heavy atom. The van der Waals surface area contributed by atoms with Gasteiger partial charge >= 0.3 is 0 Å². The fourth-order valence-electron chi connectivity index (χ4n) is 4.05. The van der Waals surface area contributed by atoms with Gasteiger partial charge in [-0.15, -0.1) is 0 Å². The average molecular weight is 344 g/mol. The molecule has 2 amide bonds. The van der Waals surface area contributed by atoms with Gasteiger partial charge in [0, 0.05) is 39.0 Å². The fraction of sp³-hybridized carbons (Fsp3) is 0.600. The molecule has 1 saturated carbocycles. The molecule has 25 heavy (non-hydrogen) atoms. The van der Waals surface area contributed by atoms with Gasteiger partial charge < -0.3 is 14.9 Å². The van der Waals surface area contributed by atoms with Crippen molar-refractivity contribution in [3.8, 4) is 0 Å². The summed E-state index contributed by atoms with van der Waals surface area (Å²) in [5, 5.41) is 9.95. The van der Waals surface area contributed by atoms with Crippen molar-refractivity contribution >= 4 is 11.8 Å². The second-order valence-electron chi connectivity index (χ2n) is 7.45. The molecule has 5 heteroatoms. The first kappa shape index (κ1) is 17.9. The summed E-state index contributed by atoms with van der Waals surface area (Å²) in [5.41, 5.74) is 1.21. The Kier molecular flexibility index (Phi) is 5.74. The number of carbonyl (C=O) groups excluding carboxylic acids is 2. The van der Waals surface area contributed by atoms with Crippen LogP contribution >= 0.6 is 0 Å². The summed E-state index contributed by atoms with van der Waals surface area (Å²) >= 11 is 0. The van der Waals surface area contributed by atoms with E-state index in [-0.39, 0.29) is 29.8 Å². The number of carbonyl (C=O) groups is 2. The average Bonchev–Trinajstić information content (AvgIpc) is 3.19. The van der Waals surface area contributed by atoms with Crippen molar-refractivity contribution < 1.29 is 14.7 Å². The molecular formula is C20H28N2O3. The van der Waals surface area contributed by atoms with E-state index in [1.165, 1.54) is 5.56 Å². The van der Waals surface area contributed by atoms with Gasteiger partial charge in [-0.25, -0.2) is 0 Å². The predicted molar refractivity (Wildman–Crippen MR) is 95.8 cm³/mol. The molecule has 1 saturated heterocycles. The zero-order valence-electron chi connectivity index (χ0n) is 14.9. The van der Waals surface area contributed by atoms with E-state index in [1.807, 2.05) is 23.1 Å². The maximum Gasteiger partial charge on any atom is 0.227 e. The molecule has 2 fully saturated rings. The van der Waals surface area contributed by atoms with Gasteiger partial charge in [-0.2, -0.15) is 0 Å². The second kappa shape index (κ2) is 8.00. The minimum atomic E-state index is -0.289. The van der Waals surface area contributed by atoms with Gasteiger partial charge in [0.25, 0.3) is 0 Å². The lowest BCUT2D eigenvalue weighted by molar-refractivity contribution is -0.135. The molecule has 1 aliphatic heterocycles. The molecule has 1 aliphatic carbocycles. The van der Waals surface area contributed by atoms with E-state index in [0.29, 0.717) is 26.1 Å².